The first kappa shape index (κ1) is 27.2. The average Bonchev–Trinajstić information content (AvgIpc) is 2.84. The minimum atomic E-state index is -0.557. The summed E-state index contributed by atoms with van der Waals surface area (Å²) in [4.78, 5) is 14.6. The Morgan fingerprint density at radius 3 is 2.38 bits per heavy atom. The van der Waals surface area contributed by atoms with Gasteiger partial charge in [0.1, 0.15) is 11.6 Å². The average molecular weight is 479 g/mol. The molecule has 0 heterocycles. The fraction of sp³-hybridized carbons (Fsp3) is 0.480. The number of carbonyl (C=O) groups excluding carboxylic acids is 1. The van der Waals surface area contributed by atoms with E-state index in [0.29, 0.717) is 35.1 Å². The van der Waals surface area contributed by atoms with E-state index in [1.807, 2.05) is 0 Å². The molecule has 0 aliphatic rings. The number of methoxy groups -OCH3 is 2. The van der Waals surface area contributed by atoms with Crippen LogP contribution in [0.1, 0.15) is 31.7 Å². The van der Waals surface area contributed by atoms with Crippen LogP contribution in [0.4, 0.5) is 14.9 Å². The maximum Gasteiger partial charge on any atom is 0.322 e. The molecule has 0 bridgehead atoms. The molecule has 9 heteroatoms. The summed E-state index contributed by atoms with van der Waals surface area (Å²) in [7, 11) is 3.01. The lowest BCUT2D eigenvalue weighted by Crippen LogP contribution is -2.40. The Labute approximate surface area is 200 Å². The number of rotatable bonds is 14. The number of benzene rings is 2. The van der Waals surface area contributed by atoms with E-state index in [1.54, 1.807) is 25.3 Å². The summed E-state index contributed by atoms with van der Waals surface area (Å²) in [6.07, 6.45) is 3.03. The lowest BCUT2D eigenvalue weighted by atomic mass is 10.1. The predicted octanol–water partition coefficient (Wildman–Crippen LogP) is 4.05. The summed E-state index contributed by atoms with van der Waals surface area (Å²) in [6.45, 7) is 2.09. The van der Waals surface area contributed by atoms with Crippen molar-refractivity contribution in [3.63, 3.8) is 0 Å². The Morgan fingerprint density at radius 1 is 1.03 bits per heavy atom. The van der Waals surface area contributed by atoms with Crippen LogP contribution in [0.5, 0.6) is 17.2 Å². The Kier molecular flexibility index (Phi) is 11.4. The molecule has 3 N–H and O–H groups in total. The molecule has 2 aromatic carbocycles. The Morgan fingerprint density at radius 2 is 1.74 bits per heavy atom. The number of amides is 2. The van der Waals surface area contributed by atoms with E-state index in [-0.39, 0.29) is 26.3 Å². The van der Waals surface area contributed by atoms with E-state index in [9.17, 15) is 19.4 Å². The first-order chi connectivity index (χ1) is 16.4. The van der Waals surface area contributed by atoms with Gasteiger partial charge in [0.15, 0.2) is 11.5 Å². The topological polar surface area (TPSA) is 100 Å². The first-order valence-corrected chi connectivity index (χ1v) is 11.4. The standard InChI is InChI=1S/C25H35FN2O6/c1-4-5-6-11-34-24-13-21(8-10-23(24)33-3)27-25(31)28(14-18(16-29)17-30)15-19-12-20(26)7-9-22(19)32-2/h7-10,12-13,18,29-30H,4-6,11,14-17H2,1-3H3,(H,27,31). The van der Waals surface area contributed by atoms with E-state index in [2.05, 4.69) is 12.2 Å². The molecule has 34 heavy (non-hydrogen) atoms. The van der Waals surface area contributed by atoms with Crippen molar-refractivity contribution < 1.29 is 33.6 Å². The van der Waals surface area contributed by atoms with Crippen LogP contribution in [-0.4, -0.2) is 61.7 Å². The highest BCUT2D eigenvalue weighted by atomic mass is 19.1. The van der Waals surface area contributed by atoms with Gasteiger partial charge in [0.05, 0.1) is 27.4 Å². The quantitative estimate of drug-likeness (QED) is 0.354. The zero-order valence-corrected chi connectivity index (χ0v) is 20.1. The number of hydrogen-bond acceptors (Lipinski definition) is 6. The molecule has 0 aromatic heterocycles. The summed E-state index contributed by atoms with van der Waals surface area (Å²) in [6, 6.07) is 8.64. The highest BCUT2D eigenvalue weighted by Crippen LogP contribution is 2.31. The Bertz CT molecular complexity index is 907. The number of aliphatic hydroxyl groups excluding tert-OH is 2. The van der Waals surface area contributed by atoms with Gasteiger partial charge in [-0.1, -0.05) is 19.8 Å². The molecule has 0 aliphatic heterocycles. The van der Waals surface area contributed by atoms with Crippen molar-refractivity contribution in [1.29, 1.82) is 0 Å². The van der Waals surface area contributed by atoms with Crippen LogP contribution < -0.4 is 19.5 Å². The Balaban J connectivity index is 2.23. The van der Waals surface area contributed by atoms with Gasteiger partial charge in [-0.2, -0.15) is 0 Å². The van der Waals surface area contributed by atoms with Crippen LogP contribution in [0.3, 0.4) is 0 Å². The number of aliphatic hydroxyl groups is 2. The van der Waals surface area contributed by atoms with Crippen molar-refractivity contribution >= 4 is 11.7 Å². The third-order valence-electron chi connectivity index (χ3n) is 5.31. The number of nitrogens with one attached hydrogen (secondary N) is 1. The lowest BCUT2D eigenvalue weighted by Gasteiger charge is -2.27. The second-order valence-corrected chi connectivity index (χ2v) is 7.92. The summed E-state index contributed by atoms with van der Waals surface area (Å²) in [5.74, 6) is 0.474. The van der Waals surface area contributed by atoms with E-state index in [0.717, 1.165) is 19.3 Å². The third-order valence-corrected chi connectivity index (χ3v) is 5.31. The largest absolute Gasteiger partial charge is 0.496 e. The van der Waals surface area contributed by atoms with Crippen LogP contribution in [0.25, 0.3) is 0 Å². The number of ether oxygens (including phenoxy) is 3. The zero-order chi connectivity index (χ0) is 24.9. The molecular weight excluding hydrogens is 443 g/mol. The number of unbranched alkanes of at least 4 members (excludes halogenated alkanes) is 2. The molecule has 0 saturated carbocycles. The molecule has 0 saturated heterocycles. The van der Waals surface area contributed by atoms with Gasteiger partial charge in [0.2, 0.25) is 0 Å². The van der Waals surface area contributed by atoms with Gasteiger partial charge in [-0.25, -0.2) is 9.18 Å². The van der Waals surface area contributed by atoms with Crippen LogP contribution in [0.15, 0.2) is 36.4 Å². The van der Waals surface area contributed by atoms with Gasteiger partial charge in [-0.15, -0.1) is 0 Å². The van der Waals surface area contributed by atoms with Crippen LogP contribution in [-0.2, 0) is 6.54 Å². The summed E-state index contributed by atoms with van der Waals surface area (Å²) >= 11 is 0. The highest BCUT2D eigenvalue weighted by molar-refractivity contribution is 5.89. The molecule has 2 amide bonds. The van der Waals surface area contributed by atoms with Crippen LogP contribution >= 0.6 is 0 Å². The minimum absolute atomic E-state index is 0.0137. The van der Waals surface area contributed by atoms with Crippen molar-refractivity contribution in [3.8, 4) is 17.2 Å². The van der Waals surface area contributed by atoms with E-state index in [1.165, 1.54) is 30.2 Å². The van der Waals surface area contributed by atoms with Gasteiger partial charge in [0, 0.05) is 43.0 Å². The summed E-state index contributed by atoms with van der Waals surface area (Å²) in [5, 5.41) is 21.9. The molecule has 2 aromatic rings. The predicted molar refractivity (Wildman–Crippen MR) is 128 cm³/mol. The van der Waals surface area contributed by atoms with Crippen molar-refractivity contribution in [2.45, 2.75) is 32.7 Å². The maximum atomic E-state index is 13.9. The fourth-order valence-corrected chi connectivity index (χ4v) is 3.38. The third kappa shape index (κ3) is 8.07. The number of halogens is 1. The van der Waals surface area contributed by atoms with Gasteiger partial charge >= 0.3 is 6.03 Å². The fourth-order valence-electron chi connectivity index (χ4n) is 3.38. The normalized spacial score (nSPS) is 10.8. The second-order valence-electron chi connectivity index (χ2n) is 7.92. The van der Waals surface area contributed by atoms with Gasteiger partial charge in [-0.3, -0.25) is 0 Å². The number of carbonyl (C=O) groups is 1. The smallest absolute Gasteiger partial charge is 0.322 e. The highest BCUT2D eigenvalue weighted by Gasteiger charge is 2.21. The molecule has 0 spiro atoms. The van der Waals surface area contributed by atoms with E-state index >= 15 is 0 Å². The second kappa shape index (κ2) is 14.3. The van der Waals surface area contributed by atoms with Crippen molar-refractivity contribution in [2.24, 2.45) is 5.92 Å². The number of hydrogen-bond donors (Lipinski definition) is 3. The molecule has 188 valence electrons. The molecule has 2 rings (SSSR count). The molecule has 0 fully saturated rings. The number of anilines is 1. The molecule has 0 aliphatic carbocycles. The van der Waals surface area contributed by atoms with Crippen molar-refractivity contribution in [1.82, 2.24) is 4.90 Å². The minimum Gasteiger partial charge on any atom is -0.496 e. The van der Waals surface area contributed by atoms with Gasteiger partial charge < -0.3 is 34.6 Å². The Hall–Kier alpha value is -3.04. The summed E-state index contributed by atoms with van der Waals surface area (Å²) in [5.41, 5.74) is 0.944. The van der Waals surface area contributed by atoms with Crippen LogP contribution in [0, 0.1) is 11.7 Å². The van der Waals surface area contributed by atoms with E-state index in [4.69, 9.17) is 14.2 Å². The first-order valence-electron chi connectivity index (χ1n) is 11.4. The molecular formula is C25H35FN2O6. The lowest BCUT2D eigenvalue weighted by molar-refractivity contribution is 0.117. The molecule has 0 unspecified atom stereocenters. The number of urea groups is 1. The number of nitrogens with zero attached hydrogens (tertiary/aromatic N) is 1. The molecule has 8 nitrogen and oxygen atoms in total. The zero-order valence-electron chi connectivity index (χ0n) is 20.1. The summed E-state index contributed by atoms with van der Waals surface area (Å²) < 4.78 is 30.4. The van der Waals surface area contributed by atoms with Crippen LogP contribution in [0.2, 0.25) is 0 Å². The van der Waals surface area contributed by atoms with Gasteiger partial charge in [-0.05, 0) is 36.8 Å². The van der Waals surface area contributed by atoms with Crippen molar-refractivity contribution in [2.75, 3.05) is 45.9 Å². The monoisotopic (exact) mass is 478 g/mol. The molecule has 0 radical (unpaired) electrons. The maximum absolute atomic E-state index is 13.9. The SMILES string of the molecule is CCCCCOc1cc(NC(=O)N(Cc2cc(F)ccc2OC)CC(CO)CO)ccc1OC. The van der Waals surface area contributed by atoms with Gasteiger partial charge in [0.25, 0.3) is 0 Å². The van der Waals surface area contributed by atoms with E-state index < -0.39 is 17.8 Å². The molecule has 0 atom stereocenters. The van der Waals surface area contributed by atoms with Crippen molar-refractivity contribution in [3.05, 3.63) is 47.8 Å².